The molecule has 0 aromatic heterocycles. The summed E-state index contributed by atoms with van der Waals surface area (Å²) in [6.45, 7) is 0. The third-order valence-electron chi connectivity index (χ3n) is 2.44. The van der Waals surface area contributed by atoms with Crippen LogP contribution in [0, 0.1) is 11.6 Å². The molecule has 8 heteroatoms. The zero-order valence-electron chi connectivity index (χ0n) is 9.94. The Kier molecular flexibility index (Phi) is 4.57. The van der Waals surface area contributed by atoms with Crippen molar-refractivity contribution >= 4 is 31.9 Å². The number of benzene rings is 2. The van der Waals surface area contributed by atoms with Crippen molar-refractivity contribution < 1.29 is 26.7 Å². The molecule has 0 aliphatic heterocycles. The normalized spacial score (nSPS) is 11.6. The molecule has 0 fully saturated rings. The molecule has 0 saturated heterocycles. The van der Waals surface area contributed by atoms with Crippen LogP contribution in [0.25, 0.3) is 0 Å². The highest BCUT2D eigenvalue weighted by molar-refractivity contribution is 9.10. The van der Waals surface area contributed by atoms with Gasteiger partial charge >= 0.3 is 6.18 Å². The van der Waals surface area contributed by atoms with Crippen LogP contribution in [0.2, 0.25) is 0 Å². The van der Waals surface area contributed by atoms with Crippen molar-refractivity contribution in [2.24, 2.45) is 0 Å². The standard InChI is InChI=1S/C13H5Br2F5O/c14-7-4-9(16)12(17)11(5-7)21-10-2-1-6(3-8(10)15)13(18,19)20/h1-5H. The smallest absolute Gasteiger partial charge is 0.416 e. The highest BCUT2D eigenvalue weighted by atomic mass is 79.9. The van der Waals surface area contributed by atoms with E-state index in [0.29, 0.717) is 0 Å². The summed E-state index contributed by atoms with van der Waals surface area (Å²) >= 11 is 5.88. The Morgan fingerprint density at radius 2 is 1.57 bits per heavy atom. The molecule has 0 aliphatic rings. The molecule has 0 unspecified atom stereocenters. The zero-order chi connectivity index (χ0) is 15.8. The molecule has 21 heavy (non-hydrogen) atoms. The lowest BCUT2D eigenvalue weighted by Gasteiger charge is -2.12. The molecule has 2 aromatic rings. The Hall–Kier alpha value is -1.15. The van der Waals surface area contributed by atoms with E-state index in [9.17, 15) is 22.0 Å². The van der Waals surface area contributed by atoms with Gasteiger partial charge in [0.25, 0.3) is 0 Å². The van der Waals surface area contributed by atoms with Crippen LogP contribution in [0.5, 0.6) is 11.5 Å². The van der Waals surface area contributed by atoms with E-state index in [1.54, 1.807) is 0 Å². The molecular formula is C13H5Br2F5O. The minimum Gasteiger partial charge on any atom is -0.453 e. The summed E-state index contributed by atoms with van der Waals surface area (Å²) in [6, 6.07) is 4.67. The van der Waals surface area contributed by atoms with Gasteiger partial charge in [-0.15, -0.1) is 0 Å². The monoisotopic (exact) mass is 430 g/mol. The first kappa shape index (κ1) is 16.2. The van der Waals surface area contributed by atoms with E-state index in [1.165, 1.54) is 6.07 Å². The van der Waals surface area contributed by atoms with Crippen molar-refractivity contribution in [3.8, 4) is 11.5 Å². The van der Waals surface area contributed by atoms with Crippen LogP contribution in [0.4, 0.5) is 22.0 Å². The lowest BCUT2D eigenvalue weighted by molar-refractivity contribution is -0.137. The SMILES string of the molecule is Fc1cc(Br)cc(Oc2ccc(C(F)(F)F)cc2Br)c1F. The van der Waals surface area contributed by atoms with Crippen molar-refractivity contribution in [1.29, 1.82) is 0 Å². The van der Waals surface area contributed by atoms with Crippen LogP contribution in [0.3, 0.4) is 0 Å². The summed E-state index contributed by atoms with van der Waals surface area (Å²) in [7, 11) is 0. The minimum atomic E-state index is -4.51. The molecule has 0 amide bonds. The highest BCUT2D eigenvalue weighted by Crippen LogP contribution is 2.37. The molecule has 0 bridgehead atoms. The number of ether oxygens (including phenoxy) is 1. The number of alkyl halides is 3. The second kappa shape index (κ2) is 5.92. The quantitative estimate of drug-likeness (QED) is 0.400. The van der Waals surface area contributed by atoms with Crippen LogP contribution >= 0.6 is 31.9 Å². The second-order valence-electron chi connectivity index (χ2n) is 3.94. The van der Waals surface area contributed by atoms with E-state index in [-0.39, 0.29) is 14.7 Å². The van der Waals surface area contributed by atoms with Gasteiger partial charge in [-0.2, -0.15) is 17.6 Å². The third kappa shape index (κ3) is 3.74. The van der Waals surface area contributed by atoms with Crippen molar-refractivity contribution in [3.63, 3.8) is 0 Å². The molecule has 2 aromatic carbocycles. The molecule has 0 atom stereocenters. The number of rotatable bonds is 2. The van der Waals surface area contributed by atoms with Gasteiger partial charge in [-0.05, 0) is 46.3 Å². The average molecular weight is 432 g/mol. The Labute approximate surface area is 133 Å². The van der Waals surface area contributed by atoms with E-state index < -0.39 is 29.1 Å². The molecule has 0 spiro atoms. The van der Waals surface area contributed by atoms with Gasteiger partial charge in [-0.1, -0.05) is 15.9 Å². The van der Waals surface area contributed by atoms with Crippen LogP contribution in [-0.2, 0) is 6.18 Å². The fraction of sp³-hybridized carbons (Fsp3) is 0.0769. The Balaban J connectivity index is 2.37. The predicted octanol–water partition coefficient (Wildman–Crippen LogP) is 6.30. The van der Waals surface area contributed by atoms with Crippen molar-refractivity contribution in [2.45, 2.75) is 6.18 Å². The Morgan fingerprint density at radius 3 is 2.14 bits per heavy atom. The van der Waals surface area contributed by atoms with Gasteiger partial charge in [-0.3, -0.25) is 0 Å². The first-order valence-corrected chi connectivity index (χ1v) is 6.96. The van der Waals surface area contributed by atoms with Gasteiger partial charge < -0.3 is 4.74 Å². The minimum absolute atomic E-state index is 0.0305. The van der Waals surface area contributed by atoms with E-state index in [4.69, 9.17) is 4.74 Å². The number of hydrogen-bond acceptors (Lipinski definition) is 1. The summed E-state index contributed by atoms with van der Waals surface area (Å²) in [5.74, 6) is -2.88. The van der Waals surface area contributed by atoms with Crippen LogP contribution in [-0.4, -0.2) is 0 Å². The Bertz CT molecular complexity index is 685. The van der Waals surface area contributed by atoms with Crippen LogP contribution < -0.4 is 4.74 Å². The van der Waals surface area contributed by atoms with Crippen LogP contribution in [0.1, 0.15) is 5.56 Å². The van der Waals surface area contributed by atoms with E-state index in [1.807, 2.05) is 0 Å². The predicted molar refractivity (Wildman–Crippen MR) is 73.3 cm³/mol. The van der Waals surface area contributed by atoms with Gasteiger partial charge in [0, 0.05) is 4.47 Å². The fourth-order valence-electron chi connectivity index (χ4n) is 1.49. The number of halogens is 7. The molecular weight excluding hydrogens is 427 g/mol. The Morgan fingerprint density at radius 1 is 0.905 bits per heavy atom. The van der Waals surface area contributed by atoms with Gasteiger partial charge in [0.15, 0.2) is 11.6 Å². The van der Waals surface area contributed by atoms with Crippen molar-refractivity contribution in [3.05, 3.63) is 56.5 Å². The van der Waals surface area contributed by atoms with Crippen LogP contribution in [0.15, 0.2) is 39.3 Å². The second-order valence-corrected chi connectivity index (χ2v) is 5.71. The summed E-state index contributed by atoms with van der Waals surface area (Å²) in [5.41, 5.74) is -0.886. The summed E-state index contributed by atoms with van der Waals surface area (Å²) in [6.07, 6.45) is -4.51. The third-order valence-corrected chi connectivity index (χ3v) is 3.52. The highest BCUT2D eigenvalue weighted by Gasteiger charge is 2.31. The first-order chi connectivity index (χ1) is 9.68. The van der Waals surface area contributed by atoms with E-state index >= 15 is 0 Å². The average Bonchev–Trinajstić information content (AvgIpc) is 2.36. The molecule has 0 saturated carbocycles. The van der Waals surface area contributed by atoms with Gasteiger partial charge in [0.05, 0.1) is 10.0 Å². The molecule has 2 rings (SSSR count). The topological polar surface area (TPSA) is 9.23 Å². The zero-order valence-corrected chi connectivity index (χ0v) is 13.1. The maximum atomic E-state index is 13.6. The van der Waals surface area contributed by atoms with Crippen molar-refractivity contribution in [1.82, 2.24) is 0 Å². The molecule has 0 aliphatic carbocycles. The lowest BCUT2D eigenvalue weighted by atomic mass is 10.2. The first-order valence-electron chi connectivity index (χ1n) is 5.37. The molecule has 112 valence electrons. The van der Waals surface area contributed by atoms with Gasteiger partial charge in [0.1, 0.15) is 5.75 Å². The maximum absolute atomic E-state index is 13.6. The number of hydrogen-bond donors (Lipinski definition) is 0. The summed E-state index contributed by atoms with van der Waals surface area (Å²) in [4.78, 5) is 0. The molecule has 0 N–H and O–H groups in total. The lowest BCUT2D eigenvalue weighted by Crippen LogP contribution is -2.04. The molecule has 1 nitrogen and oxygen atoms in total. The summed E-state index contributed by atoms with van der Waals surface area (Å²) < 4.78 is 69.6. The van der Waals surface area contributed by atoms with Crippen molar-refractivity contribution in [2.75, 3.05) is 0 Å². The maximum Gasteiger partial charge on any atom is 0.416 e. The largest absolute Gasteiger partial charge is 0.453 e. The van der Waals surface area contributed by atoms with E-state index in [2.05, 4.69) is 31.9 Å². The van der Waals surface area contributed by atoms with E-state index in [0.717, 1.165) is 24.3 Å². The molecule has 0 heterocycles. The molecule has 0 radical (unpaired) electrons. The summed E-state index contributed by atoms with van der Waals surface area (Å²) in [5, 5.41) is 0. The van der Waals surface area contributed by atoms with Gasteiger partial charge in [-0.25, -0.2) is 4.39 Å². The van der Waals surface area contributed by atoms with Gasteiger partial charge in [0.2, 0.25) is 5.82 Å². The fourth-order valence-corrected chi connectivity index (χ4v) is 2.35.